The van der Waals surface area contributed by atoms with Crippen LogP contribution in [0.1, 0.15) is 26.2 Å². The minimum absolute atomic E-state index is 0.00498. The average molecular weight is 149 g/mol. The predicted molar refractivity (Wildman–Crippen MR) is 35.9 cm³/mol. The largest absolute Gasteiger partial charge is 0.328 e. The van der Waals surface area contributed by atoms with E-state index >= 15 is 0 Å². The van der Waals surface area contributed by atoms with Crippen molar-refractivity contribution in [2.75, 3.05) is 0 Å². The summed E-state index contributed by atoms with van der Waals surface area (Å²) in [6.45, 7) is 1.57. The lowest BCUT2D eigenvalue weighted by molar-refractivity contribution is -0.0822. The molecule has 1 aliphatic rings. The van der Waals surface area contributed by atoms with E-state index in [-0.39, 0.29) is 12.5 Å². The highest BCUT2D eigenvalue weighted by Crippen LogP contribution is 2.37. The first kappa shape index (κ1) is 7.92. The zero-order valence-corrected chi connectivity index (χ0v) is 6.11. The third-order valence-electron chi connectivity index (χ3n) is 2.23. The zero-order chi connectivity index (χ0) is 7.78. The molecular formula is C7H13F2N. The Hall–Kier alpha value is -0.180. The highest BCUT2D eigenvalue weighted by molar-refractivity contribution is 4.84. The third-order valence-corrected chi connectivity index (χ3v) is 2.23. The van der Waals surface area contributed by atoms with Gasteiger partial charge in [-0.3, -0.25) is 0 Å². The molecule has 2 unspecified atom stereocenters. The molecule has 1 nitrogen and oxygen atoms in total. The van der Waals surface area contributed by atoms with Crippen LogP contribution in [0, 0.1) is 5.92 Å². The number of hydrogen-bond donors (Lipinski definition) is 1. The fourth-order valence-electron chi connectivity index (χ4n) is 1.37. The first-order valence-electron chi connectivity index (χ1n) is 3.66. The van der Waals surface area contributed by atoms with Gasteiger partial charge in [-0.05, 0) is 12.8 Å². The molecule has 0 saturated heterocycles. The van der Waals surface area contributed by atoms with Crippen LogP contribution in [-0.4, -0.2) is 12.0 Å². The van der Waals surface area contributed by atoms with Gasteiger partial charge in [0.1, 0.15) is 0 Å². The van der Waals surface area contributed by atoms with Crippen molar-refractivity contribution in [3.05, 3.63) is 0 Å². The molecular weight excluding hydrogens is 136 g/mol. The van der Waals surface area contributed by atoms with Crippen LogP contribution in [0.3, 0.4) is 0 Å². The number of hydrogen-bond acceptors (Lipinski definition) is 1. The summed E-state index contributed by atoms with van der Waals surface area (Å²) >= 11 is 0. The summed E-state index contributed by atoms with van der Waals surface area (Å²) in [5.74, 6) is -2.99. The zero-order valence-electron chi connectivity index (χ0n) is 6.11. The van der Waals surface area contributed by atoms with Crippen LogP contribution in [0.15, 0.2) is 0 Å². The van der Waals surface area contributed by atoms with E-state index in [2.05, 4.69) is 0 Å². The van der Waals surface area contributed by atoms with E-state index < -0.39 is 11.8 Å². The van der Waals surface area contributed by atoms with Crippen LogP contribution >= 0.6 is 0 Å². The topological polar surface area (TPSA) is 26.0 Å². The van der Waals surface area contributed by atoms with E-state index in [4.69, 9.17) is 5.73 Å². The molecule has 0 aliphatic heterocycles. The van der Waals surface area contributed by atoms with Crippen LogP contribution in [0.2, 0.25) is 0 Å². The Labute approximate surface area is 59.6 Å². The molecule has 2 N–H and O–H groups in total. The summed E-state index contributed by atoms with van der Waals surface area (Å²) < 4.78 is 25.4. The standard InChI is InChI=1S/C7H13F2N/c1-5-4-6(10)2-3-7(5,8)9/h5-6H,2-4,10H2,1H3. The lowest BCUT2D eigenvalue weighted by Gasteiger charge is -2.31. The van der Waals surface area contributed by atoms with Crippen molar-refractivity contribution in [2.24, 2.45) is 11.7 Å². The average Bonchev–Trinajstić information content (AvgIpc) is 1.81. The van der Waals surface area contributed by atoms with Gasteiger partial charge < -0.3 is 5.73 Å². The van der Waals surface area contributed by atoms with E-state index in [1.165, 1.54) is 0 Å². The van der Waals surface area contributed by atoms with Gasteiger partial charge in [0.2, 0.25) is 0 Å². The molecule has 0 aromatic heterocycles. The van der Waals surface area contributed by atoms with Crippen LogP contribution < -0.4 is 5.73 Å². The highest BCUT2D eigenvalue weighted by Gasteiger charge is 2.40. The molecule has 10 heavy (non-hydrogen) atoms. The maximum atomic E-state index is 12.7. The van der Waals surface area contributed by atoms with Gasteiger partial charge in [0.25, 0.3) is 5.92 Å². The van der Waals surface area contributed by atoms with E-state index in [0.717, 1.165) is 0 Å². The summed E-state index contributed by atoms with van der Waals surface area (Å²) in [5, 5.41) is 0. The van der Waals surface area contributed by atoms with Gasteiger partial charge in [-0.25, -0.2) is 8.78 Å². The number of nitrogens with two attached hydrogens (primary N) is 1. The molecule has 0 bridgehead atoms. The quantitative estimate of drug-likeness (QED) is 0.558. The maximum absolute atomic E-state index is 12.7. The first-order chi connectivity index (χ1) is 4.52. The third kappa shape index (κ3) is 1.45. The molecule has 0 heterocycles. The van der Waals surface area contributed by atoms with Crippen molar-refractivity contribution in [2.45, 2.75) is 38.2 Å². The van der Waals surface area contributed by atoms with Gasteiger partial charge >= 0.3 is 0 Å². The molecule has 0 spiro atoms. The molecule has 2 atom stereocenters. The van der Waals surface area contributed by atoms with Gasteiger partial charge in [0, 0.05) is 18.4 Å². The maximum Gasteiger partial charge on any atom is 0.250 e. The molecule has 1 rings (SSSR count). The molecule has 3 heteroatoms. The second kappa shape index (κ2) is 2.46. The molecule has 60 valence electrons. The summed E-state index contributed by atoms with van der Waals surface area (Å²) in [6, 6.07) is -0.00498. The van der Waals surface area contributed by atoms with Gasteiger partial charge in [0.15, 0.2) is 0 Å². The van der Waals surface area contributed by atoms with Gasteiger partial charge in [-0.1, -0.05) is 6.92 Å². The highest BCUT2D eigenvalue weighted by atomic mass is 19.3. The van der Waals surface area contributed by atoms with Gasteiger partial charge in [-0.15, -0.1) is 0 Å². The van der Waals surface area contributed by atoms with Crippen molar-refractivity contribution in [1.29, 1.82) is 0 Å². The first-order valence-corrected chi connectivity index (χ1v) is 3.66. The van der Waals surface area contributed by atoms with Crippen molar-refractivity contribution < 1.29 is 8.78 Å². The summed E-state index contributed by atoms with van der Waals surface area (Å²) in [4.78, 5) is 0. The fourth-order valence-corrected chi connectivity index (χ4v) is 1.37. The summed E-state index contributed by atoms with van der Waals surface area (Å²) in [6.07, 6.45) is 0.902. The Morgan fingerprint density at radius 1 is 1.50 bits per heavy atom. The van der Waals surface area contributed by atoms with Crippen LogP contribution in [0.4, 0.5) is 8.78 Å². The Balaban J connectivity index is 2.52. The summed E-state index contributed by atoms with van der Waals surface area (Å²) in [7, 11) is 0. The number of rotatable bonds is 0. The smallest absolute Gasteiger partial charge is 0.250 e. The molecule has 0 radical (unpaired) electrons. The second-order valence-corrected chi connectivity index (χ2v) is 3.20. The molecule has 1 fully saturated rings. The van der Waals surface area contributed by atoms with Crippen molar-refractivity contribution >= 4 is 0 Å². The van der Waals surface area contributed by atoms with E-state index in [1.807, 2.05) is 0 Å². The Morgan fingerprint density at radius 2 is 2.10 bits per heavy atom. The summed E-state index contributed by atoms with van der Waals surface area (Å²) in [5.41, 5.74) is 5.51. The van der Waals surface area contributed by atoms with Crippen LogP contribution in [0.25, 0.3) is 0 Å². The Morgan fingerprint density at radius 3 is 2.50 bits per heavy atom. The lowest BCUT2D eigenvalue weighted by Crippen LogP contribution is -2.39. The van der Waals surface area contributed by atoms with Crippen molar-refractivity contribution in [3.63, 3.8) is 0 Å². The van der Waals surface area contributed by atoms with E-state index in [1.54, 1.807) is 6.92 Å². The monoisotopic (exact) mass is 149 g/mol. The molecule has 1 saturated carbocycles. The van der Waals surface area contributed by atoms with E-state index in [0.29, 0.717) is 12.8 Å². The number of alkyl halides is 2. The van der Waals surface area contributed by atoms with Gasteiger partial charge in [0.05, 0.1) is 0 Å². The Kier molecular flexibility index (Phi) is 1.95. The van der Waals surface area contributed by atoms with Crippen LogP contribution in [-0.2, 0) is 0 Å². The minimum atomic E-state index is -2.46. The fraction of sp³-hybridized carbons (Fsp3) is 1.00. The Bertz CT molecular complexity index is 125. The molecule has 0 aromatic rings. The molecule has 0 amide bonds. The van der Waals surface area contributed by atoms with Crippen molar-refractivity contribution in [3.8, 4) is 0 Å². The minimum Gasteiger partial charge on any atom is -0.328 e. The lowest BCUT2D eigenvalue weighted by atomic mass is 9.84. The second-order valence-electron chi connectivity index (χ2n) is 3.20. The van der Waals surface area contributed by atoms with Gasteiger partial charge in [-0.2, -0.15) is 0 Å². The SMILES string of the molecule is CC1CC(N)CCC1(F)F. The number of halogens is 2. The van der Waals surface area contributed by atoms with Crippen molar-refractivity contribution in [1.82, 2.24) is 0 Å². The normalized spacial score (nSPS) is 39.6. The van der Waals surface area contributed by atoms with Crippen LogP contribution in [0.5, 0.6) is 0 Å². The predicted octanol–water partition coefficient (Wildman–Crippen LogP) is 1.77. The van der Waals surface area contributed by atoms with E-state index in [9.17, 15) is 8.78 Å². The molecule has 1 aliphatic carbocycles. The molecule has 0 aromatic carbocycles.